The molecule has 2 aromatic rings. The van der Waals surface area contributed by atoms with Crippen molar-refractivity contribution in [2.24, 2.45) is 11.7 Å². The van der Waals surface area contributed by atoms with Crippen LogP contribution in [-0.4, -0.2) is 31.4 Å². The predicted molar refractivity (Wildman–Crippen MR) is 103 cm³/mol. The molecule has 0 saturated heterocycles. The lowest BCUT2D eigenvalue weighted by atomic mass is 10.0. The van der Waals surface area contributed by atoms with Gasteiger partial charge in [-0.3, -0.25) is 9.59 Å². The lowest BCUT2D eigenvalue weighted by molar-refractivity contribution is 0.0928. The fraction of sp³-hybridized carbons (Fsp3) is 0.333. The van der Waals surface area contributed by atoms with Gasteiger partial charge in [-0.25, -0.2) is 0 Å². The second-order valence-corrected chi connectivity index (χ2v) is 6.79. The van der Waals surface area contributed by atoms with Crippen molar-refractivity contribution < 1.29 is 9.59 Å². The van der Waals surface area contributed by atoms with Gasteiger partial charge >= 0.3 is 0 Å². The smallest absolute Gasteiger partial charge is 0.258 e. The van der Waals surface area contributed by atoms with E-state index in [9.17, 15) is 9.59 Å². The molecule has 2 unspecified atom stereocenters. The Morgan fingerprint density at radius 1 is 1.08 bits per heavy atom. The standard InChI is InChI=1S/C21H25N3O2/c1-24(18-10-3-2-4-11-18)21(26)16-8-5-7-15(13-16)20(25)23-19-12-6-9-17(19)14-22/h2-5,7-8,10-11,13,17,19H,6,9,12,14,22H2,1H3,(H,23,25). The van der Waals surface area contributed by atoms with Crippen LogP contribution in [0.2, 0.25) is 0 Å². The minimum absolute atomic E-state index is 0.124. The lowest BCUT2D eigenvalue weighted by Crippen LogP contribution is -2.40. The minimum atomic E-state index is -0.147. The van der Waals surface area contributed by atoms with E-state index in [1.54, 1.807) is 36.2 Å². The summed E-state index contributed by atoms with van der Waals surface area (Å²) >= 11 is 0. The van der Waals surface area contributed by atoms with Crippen molar-refractivity contribution >= 4 is 17.5 Å². The van der Waals surface area contributed by atoms with Crippen LogP contribution in [0.5, 0.6) is 0 Å². The maximum absolute atomic E-state index is 12.7. The predicted octanol–water partition coefficient (Wildman–Crippen LogP) is 2.82. The van der Waals surface area contributed by atoms with Crippen LogP contribution in [0.1, 0.15) is 40.0 Å². The van der Waals surface area contributed by atoms with E-state index in [0.717, 1.165) is 24.9 Å². The molecule has 0 radical (unpaired) electrons. The van der Waals surface area contributed by atoms with Crippen LogP contribution in [0.3, 0.4) is 0 Å². The third-order valence-corrected chi connectivity index (χ3v) is 5.10. The minimum Gasteiger partial charge on any atom is -0.349 e. The van der Waals surface area contributed by atoms with Crippen LogP contribution < -0.4 is 16.0 Å². The Kier molecular flexibility index (Phi) is 5.68. The van der Waals surface area contributed by atoms with Gasteiger partial charge in [0.25, 0.3) is 11.8 Å². The average Bonchev–Trinajstić information content (AvgIpc) is 3.14. The molecule has 1 fully saturated rings. The van der Waals surface area contributed by atoms with Crippen LogP contribution in [0.15, 0.2) is 54.6 Å². The Balaban J connectivity index is 1.73. The lowest BCUT2D eigenvalue weighted by Gasteiger charge is -2.20. The van der Waals surface area contributed by atoms with Gasteiger partial charge in [-0.05, 0) is 55.6 Å². The molecular weight excluding hydrogens is 326 g/mol. The van der Waals surface area contributed by atoms with Crippen LogP contribution in [0.25, 0.3) is 0 Å². The Labute approximate surface area is 154 Å². The van der Waals surface area contributed by atoms with Crippen LogP contribution in [-0.2, 0) is 0 Å². The number of carbonyl (C=O) groups is 2. The van der Waals surface area contributed by atoms with Gasteiger partial charge in [-0.2, -0.15) is 0 Å². The third kappa shape index (κ3) is 3.94. The van der Waals surface area contributed by atoms with Crippen molar-refractivity contribution in [1.29, 1.82) is 0 Å². The quantitative estimate of drug-likeness (QED) is 0.870. The number of nitrogens with two attached hydrogens (primary N) is 1. The van der Waals surface area contributed by atoms with Crippen molar-refractivity contribution in [3.8, 4) is 0 Å². The number of nitrogens with zero attached hydrogens (tertiary/aromatic N) is 1. The maximum Gasteiger partial charge on any atom is 0.258 e. The molecule has 1 aliphatic rings. The topological polar surface area (TPSA) is 75.4 Å². The molecule has 0 aliphatic heterocycles. The van der Waals surface area contributed by atoms with Gasteiger partial charge in [0, 0.05) is 29.9 Å². The first kappa shape index (κ1) is 18.1. The molecule has 1 saturated carbocycles. The van der Waals surface area contributed by atoms with Gasteiger partial charge in [0.05, 0.1) is 0 Å². The first-order valence-electron chi connectivity index (χ1n) is 9.04. The van der Waals surface area contributed by atoms with Gasteiger partial charge in [0.15, 0.2) is 0 Å². The Bertz CT molecular complexity index is 776. The van der Waals surface area contributed by atoms with E-state index in [4.69, 9.17) is 5.73 Å². The molecule has 1 aliphatic carbocycles. The zero-order valence-corrected chi connectivity index (χ0v) is 15.0. The molecule has 2 atom stereocenters. The van der Waals surface area contributed by atoms with Crippen LogP contribution >= 0.6 is 0 Å². The Morgan fingerprint density at radius 3 is 2.54 bits per heavy atom. The summed E-state index contributed by atoms with van der Waals surface area (Å²) in [5, 5.41) is 3.08. The SMILES string of the molecule is CN(C(=O)c1cccc(C(=O)NC2CCCC2CN)c1)c1ccccc1. The number of para-hydroxylation sites is 1. The zero-order valence-electron chi connectivity index (χ0n) is 15.0. The van der Waals surface area contributed by atoms with Gasteiger partial charge in [0.2, 0.25) is 0 Å². The highest BCUT2D eigenvalue weighted by Gasteiger charge is 2.27. The molecule has 0 bridgehead atoms. The normalized spacial score (nSPS) is 19.2. The summed E-state index contributed by atoms with van der Waals surface area (Å²) in [6, 6.07) is 16.4. The average molecular weight is 351 g/mol. The Morgan fingerprint density at radius 2 is 1.81 bits per heavy atom. The molecule has 2 amide bonds. The number of hydrogen-bond donors (Lipinski definition) is 2. The molecule has 3 rings (SSSR count). The molecule has 3 N–H and O–H groups in total. The Hall–Kier alpha value is -2.66. The van der Waals surface area contributed by atoms with E-state index < -0.39 is 0 Å². The molecule has 0 spiro atoms. The van der Waals surface area contributed by atoms with Gasteiger partial charge < -0.3 is 16.0 Å². The van der Waals surface area contributed by atoms with Gasteiger partial charge in [-0.15, -0.1) is 0 Å². The summed E-state index contributed by atoms with van der Waals surface area (Å²) in [6.07, 6.45) is 3.11. The summed E-state index contributed by atoms with van der Waals surface area (Å²) < 4.78 is 0. The number of nitrogens with one attached hydrogen (secondary N) is 1. The van der Waals surface area contributed by atoms with Crippen LogP contribution in [0.4, 0.5) is 5.69 Å². The van der Waals surface area contributed by atoms with E-state index in [0.29, 0.717) is 23.6 Å². The molecule has 26 heavy (non-hydrogen) atoms. The molecular formula is C21H25N3O2. The molecule has 5 heteroatoms. The molecule has 0 heterocycles. The third-order valence-electron chi connectivity index (χ3n) is 5.10. The number of hydrogen-bond acceptors (Lipinski definition) is 3. The molecule has 2 aromatic carbocycles. The fourth-order valence-electron chi connectivity index (χ4n) is 3.52. The second-order valence-electron chi connectivity index (χ2n) is 6.79. The first-order chi connectivity index (χ1) is 12.6. The van der Waals surface area contributed by atoms with Crippen molar-refractivity contribution in [3.63, 3.8) is 0 Å². The van der Waals surface area contributed by atoms with Crippen LogP contribution in [0, 0.1) is 5.92 Å². The molecule has 0 aromatic heterocycles. The number of amides is 2. The number of carbonyl (C=O) groups excluding carboxylic acids is 2. The zero-order chi connectivity index (χ0) is 18.5. The summed E-state index contributed by atoms with van der Waals surface area (Å²) in [4.78, 5) is 26.9. The van der Waals surface area contributed by atoms with E-state index >= 15 is 0 Å². The summed E-state index contributed by atoms with van der Waals surface area (Å²) in [6.45, 7) is 0.589. The van der Waals surface area contributed by atoms with Crippen molar-refractivity contribution in [3.05, 3.63) is 65.7 Å². The molecule has 5 nitrogen and oxygen atoms in total. The van der Waals surface area contributed by atoms with E-state index in [1.165, 1.54) is 0 Å². The summed E-state index contributed by atoms with van der Waals surface area (Å²) in [5.41, 5.74) is 7.59. The molecule has 136 valence electrons. The van der Waals surface area contributed by atoms with E-state index in [-0.39, 0.29) is 17.9 Å². The van der Waals surface area contributed by atoms with Crippen molar-refractivity contribution in [2.75, 3.05) is 18.5 Å². The van der Waals surface area contributed by atoms with Gasteiger partial charge in [-0.1, -0.05) is 30.7 Å². The highest BCUT2D eigenvalue weighted by Crippen LogP contribution is 2.25. The summed E-state index contributed by atoms with van der Waals surface area (Å²) in [5.74, 6) is 0.0480. The number of anilines is 1. The van der Waals surface area contributed by atoms with E-state index in [2.05, 4.69) is 5.32 Å². The largest absolute Gasteiger partial charge is 0.349 e. The first-order valence-corrected chi connectivity index (χ1v) is 9.04. The van der Waals surface area contributed by atoms with Gasteiger partial charge in [0.1, 0.15) is 0 Å². The summed E-state index contributed by atoms with van der Waals surface area (Å²) in [7, 11) is 1.73. The van der Waals surface area contributed by atoms with Crippen molar-refractivity contribution in [2.45, 2.75) is 25.3 Å². The highest BCUT2D eigenvalue weighted by molar-refractivity contribution is 6.07. The highest BCUT2D eigenvalue weighted by atomic mass is 16.2. The van der Waals surface area contributed by atoms with Crippen molar-refractivity contribution in [1.82, 2.24) is 5.32 Å². The fourth-order valence-corrected chi connectivity index (χ4v) is 3.52. The monoisotopic (exact) mass is 351 g/mol. The second kappa shape index (κ2) is 8.15. The number of rotatable bonds is 5. The number of benzene rings is 2. The maximum atomic E-state index is 12.7. The van der Waals surface area contributed by atoms with E-state index in [1.807, 2.05) is 30.3 Å².